The van der Waals surface area contributed by atoms with Gasteiger partial charge in [0.05, 0.1) is 19.6 Å². The summed E-state index contributed by atoms with van der Waals surface area (Å²) in [5, 5.41) is 2.64. The molecular formula is C12H17N3O3. The van der Waals surface area contributed by atoms with Gasteiger partial charge in [0.2, 0.25) is 11.8 Å². The molecule has 0 aliphatic rings. The maximum absolute atomic E-state index is 11.7. The van der Waals surface area contributed by atoms with E-state index in [9.17, 15) is 9.59 Å². The molecule has 0 aromatic heterocycles. The molecule has 0 spiro atoms. The number of hydrogen-bond donors (Lipinski definition) is 3. The SMILES string of the molecule is COc1ccc(NC(=O)C(N)CC(N)=O)c(C)c1. The van der Waals surface area contributed by atoms with Crippen LogP contribution in [0.25, 0.3) is 0 Å². The minimum absolute atomic E-state index is 0.180. The number of methoxy groups -OCH3 is 1. The fraction of sp³-hybridized carbons (Fsp3) is 0.333. The van der Waals surface area contributed by atoms with Crippen molar-refractivity contribution >= 4 is 17.5 Å². The van der Waals surface area contributed by atoms with Crippen molar-refractivity contribution < 1.29 is 14.3 Å². The summed E-state index contributed by atoms with van der Waals surface area (Å²) in [6.45, 7) is 1.83. The molecular weight excluding hydrogens is 234 g/mol. The van der Waals surface area contributed by atoms with Crippen LogP contribution in [-0.2, 0) is 9.59 Å². The maximum Gasteiger partial charge on any atom is 0.241 e. The van der Waals surface area contributed by atoms with Crippen molar-refractivity contribution in [3.05, 3.63) is 23.8 Å². The second-order valence-electron chi connectivity index (χ2n) is 3.95. The van der Waals surface area contributed by atoms with Gasteiger partial charge in [-0.3, -0.25) is 9.59 Å². The summed E-state index contributed by atoms with van der Waals surface area (Å²) in [6, 6.07) is 4.28. The maximum atomic E-state index is 11.7. The van der Waals surface area contributed by atoms with Crippen molar-refractivity contribution in [3.63, 3.8) is 0 Å². The fourth-order valence-electron chi connectivity index (χ4n) is 1.44. The lowest BCUT2D eigenvalue weighted by Gasteiger charge is -2.13. The highest BCUT2D eigenvalue weighted by Crippen LogP contribution is 2.21. The van der Waals surface area contributed by atoms with E-state index in [-0.39, 0.29) is 6.42 Å². The molecule has 0 aliphatic carbocycles. The highest BCUT2D eigenvalue weighted by atomic mass is 16.5. The molecule has 0 radical (unpaired) electrons. The van der Waals surface area contributed by atoms with E-state index in [2.05, 4.69) is 5.32 Å². The number of amides is 2. The fourth-order valence-corrected chi connectivity index (χ4v) is 1.44. The van der Waals surface area contributed by atoms with Crippen molar-refractivity contribution in [1.29, 1.82) is 0 Å². The summed E-state index contributed by atoms with van der Waals surface area (Å²) < 4.78 is 5.06. The van der Waals surface area contributed by atoms with E-state index in [0.717, 1.165) is 5.56 Å². The first-order chi connectivity index (χ1) is 8.43. The first-order valence-corrected chi connectivity index (χ1v) is 5.43. The molecule has 0 saturated heterocycles. The standard InChI is InChI=1S/C12H17N3O3/c1-7-5-8(18-2)3-4-10(7)15-12(17)9(13)6-11(14)16/h3-5,9H,6,13H2,1-2H3,(H2,14,16)(H,15,17). The lowest BCUT2D eigenvalue weighted by atomic mass is 10.1. The Kier molecular flexibility index (Phi) is 4.67. The predicted octanol–water partition coefficient (Wildman–Crippen LogP) is 0.145. The topological polar surface area (TPSA) is 107 Å². The molecule has 1 unspecified atom stereocenters. The molecule has 98 valence electrons. The number of rotatable bonds is 5. The van der Waals surface area contributed by atoms with E-state index in [1.807, 2.05) is 6.92 Å². The first-order valence-electron chi connectivity index (χ1n) is 5.43. The van der Waals surface area contributed by atoms with Crippen LogP contribution >= 0.6 is 0 Å². The number of nitrogens with one attached hydrogen (secondary N) is 1. The zero-order chi connectivity index (χ0) is 13.7. The van der Waals surface area contributed by atoms with Gasteiger partial charge in [0.1, 0.15) is 5.75 Å². The van der Waals surface area contributed by atoms with Crippen LogP contribution in [0.1, 0.15) is 12.0 Å². The zero-order valence-corrected chi connectivity index (χ0v) is 10.4. The van der Waals surface area contributed by atoms with Gasteiger partial charge in [0, 0.05) is 5.69 Å². The first kappa shape index (κ1) is 14.0. The molecule has 1 aromatic rings. The van der Waals surface area contributed by atoms with Crippen molar-refractivity contribution in [3.8, 4) is 5.75 Å². The third-order valence-electron chi connectivity index (χ3n) is 2.45. The van der Waals surface area contributed by atoms with E-state index < -0.39 is 17.9 Å². The van der Waals surface area contributed by atoms with Crippen LogP contribution < -0.4 is 21.5 Å². The minimum atomic E-state index is -0.941. The summed E-state index contributed by atoms with van der Waals surface area (Å²) >= 11 is 0. The number of benzene rings is 1. The van der Waals surface area contributed by atoms with Crippen LogP contribution in [0.4, 0.5) is 5.69 Å². The van der Waals surface area contributed by atoms with Crippen LogP contribution in [0.15, 0.2) is 18.2 Å². The molecule has 5 N–H and O–H groups in total. The van der Waals surface area contributed by atoms with Crippen molar-refractivity contribution in [1.82, 2.24) is 0 Å². The molecule has 1 atom stereocenters. The number of carbonyl (C=O) groups is 2. The van der Waals surface area contributed by atoms with Gasteiger partial charge in [-0.25, -0.2) is 0 Å². The molecule has 0 aliphatic heterocycles. The Labute approximate surface area is 105 Å². The smallest absolute Gasteiger partial charge is 0.241 e. The number of nitrogens with two attached hydrogens (primary N) is 2. The van der Waals surface area contributed by atoms with Gasteiger partial charge in [-0.05, 0) is 30.7 Å². The quantitative estimate of drug-likeness (QED) is 0.692. The number of hydrogen-bond acceptors (Lipinski definition) is 4. The van der Waals surface area contributed by atoms with Crippen LogP contribution in [-0.4, -0.2) is 25.0 Å². The van der Waals surface area contributed by atoms with Gasteiger partial charge in [0.25, 0.3) is 0 Å². The monoisotopic (exact) mass is 251 g/mol. The van der Waals surface area contributed by atoms with Gasteiger partial charge in [-0.2, -0.15) is 0 Å². The molecule has 0 saturated carbocycles. The van der Waals surface area contributed by atoms with Gasteiger partial charge in [0.15, 0.2) is 0 Å². The molecule has 1 rings (SSSR count). The Hall–Kier alpha value is -2.08. The highest BCUT2D eigenvalue weighted by molar-refractivity contribution is 5.97. The third-order valence-corrected chi connectivity index (χ3v) is 2.45. The van der Waals surface area contributed by atoms with Crippen LogP contribution in [0.3, 0.4) is 0 Å². The van der Waals surface area contributed by atoms with Crippen molar-refractivity contribution in [2.45, 2.75) is 19.4 Å². The minimum Gasteiger partial charge on any atom is -0.497 e. The van der Waals surface area contributed by atoms with E-state index in [1.54, 1.807) is 25.3 Å². The molecule has 0 fully saturated rings. The Morgan fingerprint density at radius 2 is 2.11 bits per heavy atom. The van der Waals surface area contributed by atoms with Crippen LogP contribution in [0, 0.1) is 6.92 Å². The number of ether oxygens (including phenoxy) is 1. The molecule has 18 heavy (non-hydrogen) atoms. The molecule has 2 amide bonds. The summed E-state index contributed by atoms with van der Waals surface area (Å²) in [5.74, 6) is -0.349. The lowest BCUT2D eigenvalue weighted by Crippen LogP contribution is -2.39. The summed E-state index contributed by atoms with van der Waals surface area (Å²) in [5.41, 5.74) is 12.0. The predicted molar refractivity (Wildman–Crippen MR) is 68.1 cm³/mol. The number of anilines is 1. The van der Waals surface area contributed by atoms with E-state index in [0.29, 0.717) is 11.4 Å². The van der Waals surface area contributed by atoms with Gasteiger partial charge in [-0.1, -0.05) is 0 Å². The number of aryl methyl sites for hydroxylation is 1. The highest BCUT2D eigenvalue weighted by Gasteiger charge is 2.16. The van der Waals surface area contributed by atoms with E-state index >= 15 is 0 Å². The Balaban J connectivity index is 2.72. The van der Waals surface area contributed by atoms with Gasteiger partial charge >= 0.3 is 0 Å². The van der Waals surface area contributed by atoms with Crippen LogP contribution in [0.5, 0.6) is 5.75 Å². The molecule has 6 nitrogen and oxygen atoms in total. The summed E-state index contributed by atoms with van der Waals surface area (Å²) in [4.78, 5) is 22.3. The molecule has 6 heteroatoms. The third kappa shape index (κ3) is 3.74. The average molecular weight is 251 g/mol. The molecule has 0 bridgehead atoms. The van der Waals surface area contributed by atoms with E-state index in [4.69, 9.17) is 16.2 Å². The van der Waals surface area contributed by atoms with E-state index in [1.165, 1.54) is 0 Å². The number of primary amides is 1. The Morgan fingerprint density at radius 3 is 2.61 bits per heavy atom. The summed E-state index contributed by atoms with van der Waals surface area (Å²) in [6.07, 6.45) is -0.180. The van der Waals surface area contributed by atoms with Crippen molar-refractivity contribution in [2.24, 2.45) is 11.5 Å². The average Bonchev–Trinajstić information content (AvgIpc) is 2.30. The largest absolute Gasteiger partial charge is 0.497 e. The molecule has 1 aromatic carbocycles. The second-order valence-corrected chi connectivity index (χ2v) is 3.95. The van der Waals surface area contributed by atoms with Crippen molar-refractivity contribution in [2.75, 3.05) is 12.4 Å². The number of carbonyl (C=O) groups excluding carboxylic acids is 2. The summed E-state index contributed by atoms with van der Waals surface area (Å²) in [7, 11) is 1.57. The van der Waals surface area contributed by atoms with Gasteiger partial charge < -0.3 is 21.5 Å². The van der Waals surface area contributed by atoms with Crippen LogP contribution in [0.2, 0.25) is 0 Å². The zero-order valence-electron chi connectivity index (χ0n) is 10.4. The lowest BCUT2D eigenvalue weighted by molar-refractivity contribution is -0.123. The van der Waals surface area contributed by atoms with Gasteiger partial charge in [-0.15, -0.1) is 0 Å². The second kappa shape index (κ2) is 6.02. The Bertz CT molecular complexity index is 460. The molecule has 0 heterocycles. The Morgan fingerprint density at radius 1 is 1.44 bits per heavy atom. The normalized spacial score (nSPS) is 11.7.